The standard InChI is InChI=1S/C11H7N3O2S/c15-10(13-11-14-12-6-16-11)8-5-17-9-4-2-1-3-7(8)9/h1-6H,(H,13,14,15). The van der Waals surface area contributed by atoms with Crippen molar-refractivity contribution in [2.75, 3.05) is 5.32 Å². The Bertz CT molecular complexity index is 660. The zero-order valence-electron chi connectivity index (χ0n) is 8.58. The second kappa shape index (κ2) is 3.99. The van der Waals surface area contributed by atoms with Gasteiger partial charge in [-0.05, 0) is 6.07 Å². The summed E-state index contributed by atoms with van der Waals surface area (Å²) in [6, 6.07) is 7.83. The van der Waals surface area contributed by atoms with Crippen molar-refractivity contribution in [2.24, 2.45) is 0 Å². The van der Waals surface area contributed by atoms with E-state index in [0.717, 1.165) is 10.1 Å². The van der Waals surface area contributed by atoms with Gasteiger partial charge in [0, 0.05) is 15.5 Å². The van der Waals surface area contributed by atoms with E-state index >= 15 is 0 Å². The van der Waals surface area contributed by atoms with E-state index in [-0.39, 0.29) is 11.9 Å². The number of aromatic nitrogens is 2. The third kappa shape index (κ3) is 1.78. The molecule has 0 radical (unpaired) electrons. The third-order valence-electron chi connectivity index (χ3n) is 2.31. The summed E-state index contributed by atoms with van der Waals surface area (Å²) in [7, 11) is 0. The minimum Gasteiger partial charge on any atom is -0.411 e. The first-order valence-corrected chi connectivity index (χ1v) is 5.76. The summed E-state index contributed by atoms with van der Waals surface area (Å²) < 4.78 is 5.94. The van der Waals surface area contributed by atoms with Crippen LogP contribution in [-0.2, 0) is 0 Å². The van der Waals surface area contributed by atoms with Gasteiger partial charge in [-0.2, -0.15) is 0 Å². The van der Waals surface area contributed by atoms with Crippen molar-refractivity contribution in [3.8, 4) is 0 Å². The van der Waals surface area contributed by atoms with E-state index in [1.165, 1.54) is 17.7 Å². The van der Waals surface area contributed by atoms with Crippen LogP contribution in [0.15, 0.2) is 40.5 Å². The number of anilines is 1. The molecule has 0 spiro atoms. The highest BCUT2D eigenvalue weighted by atomic mass is 32.1. The van der Waals surface area contributed by atoms with Gasteiger partial charge >= 0.3 is 6.01 Å². The van der Waals surface area contributed by atoms with Crippen LogP contribution in [0, 0.1) is 0 Å². The summed E-state index contributed by atoms with van der Waals surface area (Å²) in [5.41, 5.74) is 0.615. The van der Waals surface area contributed by atoms with Gasteiger partial charge in [-0.15, -0.1) is 16.4 Å². The Morgan fingerprint density at radius 1 is 1.35 bits per heavy atom. The quantitative estimate of drug-likeness (QED) is 0.753. The van der Waals surface area contributed by atoms with Crippen LogP contribution in [0.1, 0.15) is 10.4 Å². The monoisotopic (exact) mass is 245 g/mol. The van der Waals surface area contributed by atoms with E-state index in [2.05, 4.69) is 15.5 Å². The summed E-state index contributed by atoms with van der Waals surface area (Å²) in [5.74, 6) is -0.244. The van der Waals surface area contributed by atoms with Crippen molar-refractivity contribution < 1.29 is 9.21 Å². The van der Waals surface area contributed by atoms with E-state index in [1.54, 1.807) is 0 Å². The number of nitrogens with zero attached hydrogens (tertiary/aromatic N) is 2. The van der Waals surface area contributed by atoms with Crippen molar-refractivity contribution in [2.45, 2.75) is 0 Å². The largest absolute Gasteiger partial charge is 0.411 e. The highest BCUT2D eigenvalue weighted by Gasteiger charge is 2.13. The molecule has 0 atom stereocenters. The van der Waals surface area contributed by atoms with Gasteiger partial charge < -0.3 is 4.42 Å². The molecule has 0 unspecified atom stereocenters. The molecule has 3 aromatic rings. The van der Waals surface area contributed by atoms with E-state index in [4.69, 9.17) is 4.42 Å². The van der Waals surface area contributed by atoms with E-state index in [9.17, 15) is 4.79 Å². The number of rotatable bonds is 2. The third-order valence-corrected chi connectivity index (χ3v) is 3.27. The minimum atomic E-state index is -0.244. The fraction of sp³-hybridized carbons (Fsp3) is 0. The molecule has 17 heavy (non-hydrogen) atoms. The average molecular weight is 245 g/mol. The van der Waals surface area contributed by atoms with E-state index < -0.39 is 0 Å². The Labute approximate surface area is 100 Å². The first kappa shape index (κ1) is 9.98. The van der Waals surface area contributed by atoms with Gasteiger partial charge in [-0.25, -0.2) is 0 Å². The number of amides is 1. The van der Waals surface area contributed by atoms with Crippen molar-refractivity contribution in [1.29, 1.82) is 0 Å². The first-order chi connectivity index (χ1) is 8.34. The lowest BCUT2D eigenvalue weighted by molar-refractivity contribution is 0.102. The Kier molecular flexibility index (Phi) is 2.34. The van der Waals surface area contributed by atoms with Crippen LogP contribution >= 0.6 is 11.3 Å². The molecule has 0 aliphatic carbocycles. The van der Waals surface area contributed by atoms with Crippen LogP contribution in [0.2, 0.25) is 0 Å². The molecule has 84 valence electrons. The van der Waals surface area contributed by atoms with Crippen LogP contribution in [0.25, 0.3) is 10.1 Å². The summed E-state index contributed by atoms with van der Waals surface area (Å²) in [4.78, 5) is 12.0. The predicted molar refractivity (Wildman–Crippen MR) is 64.1 cm³/mol. The van der Waals surface area contributed by atoms with Crippen LogP contribution < -0.4 is 5.32 Å². The minimum absolute atomic E-state index is 0.102. The van der Waals surface area contributed by atoms with Crippen LogP contribution in [0.4, 0.5) is 6.01 Å². The first-order valence-electron chi connectivity index (χ1n) is 4.88. The maximum absolute atomic E-state index is 12.0. The van der Waals surface area contributed by atoms with Crippen molar-refractivity contribution in [3.05, 3.63) is 41.6 Å². The lowest BCUT2D eigenvalue weighted by atomic mass is 10.2. The van der Waals surface area contributed by atoms with Gasteiger partial charge in [0.05, 0.1) is 5.56 Å². The van der Waals surface area contributed by atoms with Gasteiger partial charge in [0.25, 0.3) is 5.91 Å². The predicted octanol–water partition coefficient (Wildman–Crippen LogP) is 2.54. The number of fused-ring (bicyclic) bond motifs is 1. The van der Waals surface area contributed by atoms with Gasteiger partial charge in [-0.1, -0.05) is 23.3 Å². The average Bonchev–Trinajstić information content (AvgIpc) is 2.96. The second-order valence-corrected chi connectivity index (χ2v) is 4.25. The van der Waals surface area contributed by atoms with Crippen molar-refractivity contribution in [1.82, 2.24) is 10.2 Å². The summed E-state index contributed by atoms with van der Waals surface area (Å²) in [6.07, 6.45) is 1.17. The molecule has 0 saturated carbocycles. The van der Waals surface area contributed by atoms with Gasteiger partial charge in [-0.3, -0.25) is 10.1 Å². The highest BCUT2D eigenvalue weighted by Crippen LogP contribution is 2.26. The molecule has 0 bridgehead atoms. The zero-order chi connectivity index (χ0) is 11.7. The number of hydrogen-bond acceptors (Lipinski definition) is 5. The molecule has 0 fully saturated rings. The maximum Gasteiger partial charge on any atom is 0.322 e. The lowest BCUT2D eigenvalue weighted by Crippen LogP contribution is -2.11. The highest BCUT2D eigenvalue weighted by molar-refractivity contribution is 7.17. The molecule has 5 nitrogen and oxygen atoms in total. The fourth-order valence-electron chi connectivity index (χ4n) is 1.55. The van der Waals surface area contributed by atoms with Crippen molar-refractivity contribution >= 4 is 33.3 Å². The van der Waals surface area contributed by atoms with Gasteiger partial charge in [0.1, 0.15) is 0 Å². The molecule has 6 heteroatoms. The molecule has 1 aromatic carbocycles. The molecular formula is C11H7N3O2S. The molecule has 1 N–H and O–H groups in total. The molecule has 1 amide bonds. The Balaban J connectivity index is 1.96. The topological polar surface area (TPSA) is 68.0 Å². The lowest BCUT2D eigenvalue weighted by Gasteiger charge is -1.98. The maximum atomic E-state index is 12.0. The summed E-state index contributed by atoms with van der Waals surface area (Å²) in [5, 5.41) is 12.4. The zero-order valence-corrected chi connectivity index (χ0v) is 9.40. The molecular weight excluding hydrogens is 238 g/mol. The molecule has 0 aliphatic rings. The van der Waals surface area contributed by atoms with E-state index in [0.29, 0.717) is 5.56 Å². The summed E-state index contributed by atoms with van der Waals surface area (Å²) in [6.45, 7) is 0. The normalized spacial score (nSPS) is 10.6. The van der Waals surface area contributed by atoms with Crippen LogP contribution in [0.3, 0.4) is 0 Å². The fourth-order valence-corrected chi connectivity index (χ4v) is 2.49. The number of thiophene rings is 1. The number of carbonyl (C=O) groups excluding carboxylic acids is 1. The molecule has 0 aliphatic heterocycles. The molecule has 0 saturated heterocycles. The van der Waals surface area contributed by atoms with Gasteiger partial charge in [0.15, 0.2) is 0 Å². The van der Waals surface area contributed by atoms with Crippen molar-refractivity contribution in [3.63, 3.8) is 0 Å². The number of carbonyl (C=O) groups is 1. The molecule has 2 heterocycles. The number of nitrogens with one attached hydrogen (secondary N) is 1. The van der Waals surface area contributed by atoms with Crippen LogP contribution in [0.5, 0.6) is 0 Å². The Morgan fingerprint density at radius 3 is 3.06 bits per heavy atom. The van der Waals surface area contributed by atoms with Gasteiger partial charge in [0.2, 0.25) is 6.39 Å². The Morgan fingerprint density at radius 2 is 2.24 bits per heavy atom. The number of hydrogen-bond donors (Lipinski definition) is 1. The summed E-state index contributed by atoms with van der Waals surface area (Å²) >= 11 is 1.53. The number of benzene rings is 1. The smallest absolute Gasteiger partial charge is 0.322 e. The SMILES string of the molecule is O=C(Nc1nnco1)c1csc2ccccc12. The molecule has 2 aromatic heterocycles. The van der Waals surface area contributed by atoms with Crippen LogP contribution in [-0.4, -0.2) is 16.1 Å². The molecule has 3 rings (SSSR count). The second-order valence-electron chi connectivity index (χ2n) is 3.34. The Hall–Kier alpha value is -2.21. The van der Waals surface area contributed by atoms with E-state index in [1.807, 2.05) is 29.6 Å².